The van der Waals surface area contributed by atoms with Crippen LogP contribution in [0.25, 0.3) is 10.9 Å². The quantitative estimate of drug-likeness (QED) is 0.559. The van der Waals surface area contributed by atoms with E-state index < -0.39 is 0 Å². The third-order valence-electron chi connectivity index (χ3n) is 4.39. The minimum absolute atomic E-state index is 0.00734. The third kappa shape index (κ3) is 3.77. The number of halogens is 2. The Morgan fingerprint density at radius 2 is 2.30 bits per heavy atom. The van der Waals surface area contributed by atoms with E-state index in [1.54, 1.807) is 13.2 Å². The minimum Gasteiger partial charge on any atom is -0.484 e. The normalized spacial score (nSPS) is 15.9. The lowest BCUT2D eigenvalue weighted by atomic mass is 10.1. The van der Waals surface area contributed by atoms with Crippen molar-refractivity contribution in [3.05, 3.63) is 41.1 Å². The van der Waals surface area contributed by atoms with Gasteiger partial charge in [-0.2, -0.15) is 9.97 Å². The molecule has 2 aromatic heterocycles. The number of benzene rings is 1. The number of fused-ring (bicyclic) bond motifs is 2. The summed E-state index contributed by atoms with van der Waals surface area (Å²) in [6.45, 7) is 1.56. The van der Waals surface area contributed by atoms with Crippen molar-refractivity contribution in [1.29, 1.82) is 0 Å². The van der Waals surface area contributed by atoms with E-state index >= 15 is 0 Å². The average molecular weight is 392 g/mol. The second-order valence-electron chi connectivity index (χ2n) is 6.31. The van der Waals surface area contributed by atoms with Gasteiger partial charge in [-0.1, -0.05) is 0 Å². The molecule has 7 nitrogen and oxygen atoms in total. The van der Waals surface area contributed by atoms with E-state index in [-0.39, 0.29) is 17.1 Å². The Morgan fingerprint density at radius 3 is 3.15 bits per heavy atom. The number of nitrogens with zero attached hydrogens (tertiary/aromatic N) is 2. The molecule has 3 heterocycles. The lowest BCUT2D eigenvalue weighted by Gasteiger charge is -2.27. The second kappa shape index (κ2) is 7.58. The molecule has 4 rings (SSSR count). The third-order valence-corrected chi connectivity index (χ3v) is 4.56. The molecule has 3 N–H and O–H groups in total. The summed E-state index contributed by atoms with van der Waals surface area (Å²) in [5, 5.41) is 7.64. The van der Waals surface area contributed by atoms with Crippen molar-refractivity contribution in [2.75, 3.05) is 37.5 Å². The Balaban J connectivity index is 1.47. The molecule has 0 radical (unpaired) electrons. The van der Waals surface area contributed by atoms with Crippen molar-refractivity contribution >= 4 is 34.1 Å². The number of anilines is 2. The van der Waals surface area contributed by atoms with Crippen LogP contribution in [-0.2, 0) is 11.2 Å². The lowest BCUT2D eigenvalue weighted by molar-refractivity contribution is 0.154. The molecule has 0 unspecified atom stereocenters. The smallest absolute Gasteiger partial charge is 0.226 e. The van der Waals surface area contributed by atoms with E-state index in [0.717, 1.165) is 22.9 Å². The minimum atomic E-state index is -0.257. The number of aromatic nitrogens is 3. The van der Waals surface area contributed by atoms with E-state index in [2.05, 4.69) is 25.6 Å². The summed E-state index contributed by atoms with van der Waals surface area (Å²) in [7, 11) is 1.64. The van der Waals surface area contributed by atoms with Gasteiger partial charge in [0.2, 0.25) is 11.0 Å². The Morgan fingerprint density at radius 1 is 1.41 bits per heavy atom. The predicted octanol–water partition coefficient (Wildman–Crippen LogP) is 3.22. The standard InChI is InChI=1S/C18H19ClFN5O2/c1-26-8-12-9-27-15-16(24-18(19)25-17(15)23-12)21-5-4-10-7-22-14-6-11(20)2-3-13(10)14/h2-3,6-7,12,22H,4-5,8-9H2,1H3,(H2,21,23,24,25)/t12-/m1/s1. The SMILES string of the molecule is COC[C@@H]1COc2c(NCCc3c[nH]c4cc(F)ccc34)nc(Cl)nc2N1. The van der Waals surface area contributed by atoms with Gasteiger partial charge in [0.25, 0.3) is 0 Å². The van der Waals surface area contributed by atoms with E-state index in [4.69, 9.17) is 21.1 Å². The fraction of sp³-hybridized carbons (Fsp3) is 0.333. The first-order valence-electron chi connectivity index (χ1n) is 8.59. The number of nitrogens with one attached hydrogen (secondary N) is 3. The highest BCUT2D eigenvalue weighted by molar-refractivity contribution is 6.28. The highest BCUT2D eigenvalue weighted by atomic mass is 35.5. The van der Waals surface area contributed by atoms with Gasteiger partial charge < -0.3 is 25.1 Å². The zero-order valence-corrected chi connectivity index (χ0v) is 15.4. The largest absolute Gasteiger partial charge is 0.484 e. The van der Waals surface area contributed by atoms with Gasteiger partial charge in [-0.3, -0.25) is 0 Å². The Bertz CT molecular complexity index is 964. The van der Waals surface area contributed by atoms with Crippen LogP contribution in [0.2, 0.25) is 5.28 Å². The number of ether oxygens (including phenoxy) is 2. The second-order valence-corrected chi connectivity index (χ2v) is 6.65. The summed E-state index contributed by atoms with van der Waals surface area (Å²) < 4.78 is 24.3. The van der Waals surface area contributed by atoms with Crippen LogP contribution in [0.4, 0.5) is 16.0 Å². The Labute approximate surface area is 160 Å². The van der Waals surface area contributed by atoms with Crippen LogP contribution in [0.3, 0.4) is 0 Å². The molecule has 0 saturated carbocycles. The number of hydrogen-bond donors (Lipinski definition) is 3. The van der Waals surface area contributed by atoms with Crippen molar-refractivity contribution in [2.45, 2.75) is 12.5 Å². The summed E-state index contributed by atoms with van der Waals surface area (Å²) in [6.07, 6.45) is 2.61. The summed E-state index contributed by atoms with van der Waals surface area (Å²) in [6, 6.07) is 4.74. The molecular weight excluding hydrogens is 373 g/mol. The first kappa shape index (κ1) is 17.8. The van der Waals surface area contributed by atoms with E-state index in [0.29, 0.717) is 37.1 Å². The maximum absolute atomic E-state index is 13.3. The van der Waals surface area contributed by atoms with Gasteiger partial charge >= 0.3 is 0 Å². The maximum Gasteiger partial charge on any atom is 0.226 e. The van der Waals surface area contributed by atoms with Gasteiger partial charge in [0.1, 0.15) is 12.4 Å². The first-order chi connectivity index (χ1) is 13.1. The molecule has 0 saturated heterocycles. The highest BCUT2D eigenvalue weighted by Gasteiger charge is 2.24. The van der Waals surface area contributed by atoms with Crippen molar-refractivity contribution in [1.82, 2.24) is 15.0 Å². The summed E-state index contributed by atoms with van der Waals surface area (Å²) >= 11 is 6.05. The van der Waals surface area contributed by atoms with E-state index in [1.807, 2.05) is 6.20 Å². The molecule has 0 amide bonds. The maximum atomic E-state index is 13.3. The highest BCUT2D eigenvalue weighted by Crippen LogP contribution is 2.34. The average Bonchev–Trinajstić information content (AvgIpc) is 3.03. The molecule has 1 aromatic carbocycles. The van der Waals surface area contributed by atoms with E-state index in [1.165, 1.54) is 12.1 Å². The molecular formula is C18H19ClFN5O2. The summed E-state index contributed by atoms with van der Waals surface area (Å²) in [5.74, 6) is 1.38. The van der Waals surface area contributed by atoms with Gasteiger partial charge in [-0.25, -0.2) is 4.39 Å². The fourth-order valence-corrected chi connectivity index (χ4v) is 3.34. The van der Waals surface area contributed by atoms with Gasteiger partial charge in [-0.15, -0.1) is 0 Å². The fourth-order valence-electron chi connectivity index (χ4n) is 3.17. The number of hydrogen-bond acceptors (Lipinski definition) is 6. The molecule has 3 aromatic rings. The topological polar surface area (TPSA) is 84.1 Å². The van der Waals surface area contributed by atoms with Crippen LogP contribution in [0.5, 0.6) is 5.75 Å². The molecule has 1 atom stereocenters. The Hall–Kier alpha value is -2.58. The first-order valence-corrected chi connectivity index (χ1v) is 8.97. The predicted molar refractivity (Wildman–Crippen MR) is 102 cm³/mol. The monoisotopic (exact) mass is 391 g/mol. The van der Waals surface area contributed by atoms with Gasteiger partial charge in [-0.05, 0) is 41.8 Å². The molecule has 0 spiro atoms. The Kier molecular flexibility index (Phi) is 5.00. The van der Waals surface area contributed by atoms with Crippen molar-refractivity contribution in [2.24, 2.45) is 0 Å². The van der Waals surface area contributed by atoms with Gasteiger partial charge in [0.05, 0.1) is 12.6 Å². The number of methoxy groups -OCH3 is 1. The molecule has 9 heteroatoms. The van der Waals surface area contributed by atoms with Crippen molar-refractivity contribution in [3.63, 3.8) is 0 Å². The zero-order valence-electron chi connectivity index (χ0n) is 14.7. The number of H-pyrrole nitrogens is 1. The molecule has 0 fully saturated rings. The van der Waals surface area contributed by atoms with Crippen LogP contribution in [0.15, 0.2) is 24.4 Å². The van der Waals surface area contributed by atoms with Crippen LogP contribution in [0, 0.1) is 5.82 Å². The lowest BCUT2D eigenvalue weighted by Crippen LogP contribution is -2.36. The summed E-state index contributed by atoms with van der Waals surface area (Å²) in [5.41, 5.74) is 1.87. The molecule has 0 bridgehead atoms. The zero-order chi connectivity index (χ0) is 18.8. The summed E-state index contributed by atoms with van der Waals surface area (Å²) in [4.78, 5) is 11.5. The van der Waals surface area contributed by atoms with Crippen LogP contribution in [0.1, 0.15) is 5.56 Å². The molecule has 0 aliphatic carbocycles. The molecule has 1 aliphatic rings. The number of aromatic amines is 1. The van der Waals surface area contributed by atoms with Crippen LogP contribution in [-0.4, -0.2) is 47.9 Å². The number of rotatable bonds is 6. The van der Waals surface area contributed by atoms with E-state index in [9.17, 15) is 4.39 Å². The molecule has 27 heavy (non-hydrogen) atoms. The van der Waals surface area contributed by atoms with Gasteiger partial charge in [0, 0.05) is 30.8 Å². The molecule has 142 valence electrons. The van der Waals surface area contributed by atoms with Crippen molar-refractivity contribution in [3.8, 4) is 5.75 Å². The van der Waals surface area contributed by atoms with Crippen molar-refractivity contribution < 1.29 is 13.9 Å². The molecule has 1 aliphatic heterocycles. The van der Waals surface area contributed by atoms with Crippen LogP contribution < -0.4 is 15.4 Å². The van der Waals surface area contributed by atoms with Crippen LogP contribution >= 0.6 is 11.6 Å². The van der Waals surface area contributed by atoms with Gasteiger partial charge in [0.15, 0.2) is 11.6 Å².